The van der Waals surface area contributed by atoms with E-state index in [1.807, 2.05) is 0 Å². The van der Waals surface area contributed by atoms with Gasteiger partial charge >= 0.3 is 0 Å². The van der Waals surface area contributed by atoms with Crippen molar-refractivity contribution in [1.82, 2.24) is 0 Å². The third-order valence-electron chi connectivity index (χ3n) is 5.33. The summed E-state index contributed by atoms with van der Waals surface area (Å²) in [5.41, 5.74) is 3.18. The summed E-state index contributed by atoms with van der Waals surface area (Å²) in [4.78, 5) is 0. The second-order valence-electron chi connectivity index (χ2n) is 8.98. The first kappa shape index (κ1) is 24.2. The Morgan fingerprint density at radius 3 is 2.04 bits per heavy atom. The van der Waals surface area contributed by atoms with E-state index in [9.17, 15) is 0 Å². The fourth-order valence-corrected chi connectivity index (χ4v) is 3.16. The Morgan fingerprint density at radius 2 is 1.48 bits per heavy atom. The average Bonchev–Trinajstić information content (AvgIpc) is 2.53. The van der Waals surface area contributed by atoms with Crippen molar-refractivity contribution in [2.24, 2.45) is 23.7 Å². The van der Waals surface area contributed by atoms with Crippen LogP contribution in [0.2, 0.25) is 0 Å². The maximum atomic E-state index is 3.95. The van der Waals surface area contributed by atoms with Gasteiger partial charge in [-0.3, -0.25) is 0 Å². The van der Waals surface area contributed by atoms with Crippen LogP contribution in [0.3, 0.4) is 0 Å². The van der Waals surface area contributed by atoms with Gasteiger partial charge in [-0.2, -0.15) is 0 Å². The number of hydrogen-bond acceptors (Lipinski definition) is 0. The first-order valence-corrected chi connectivity index (χ1v) is 10.7. The van der Waals surface area contributed by atoms with E-state index < -0.39 is 0 Å². The van der Waals surface area contributed by atoms with E-state index in [0.29, 0.717) is 11.8 Å². The molecule has 0 spiro atoms. The molecule has 0 saturated carbocycles. The fraction of sp³-hybridized carbons (Fsp3) is 0.760. The molecular weight excluding hydrogens is 300 g/mol. The van der Waals surface area contributed by atoms with Gasteiger partial charge < -0.3 is 0 Å². The van der Waals surface area contributed by atoms with Crippen molar-refractivity contribution < 1.29 is 0 Å². The predicted molar refractivity (Wildman–Crippen MR) is 117 cm³/mol. The first-order chi connectivity index (χ1) is 11.8. The summed E-state index contributed by atoms with van der Waals surface area (Å²) < 4.78 is 0. The van der Waals surface area contributed by atoms with Gasteiger partial charge in [0.25, 0.3) is 0 Å². The molecule has 0 radical (unpaired) electrons. The summed E-state index contributed by atoms with van der Waals surface area (Å²) in [6.45, 7) is 20.2. The zero-order valence-electron chi connectivity index (χ0n) is 18.4. The fourth-order valence-electron chi connectivity index (χ4n) is 3.16. The van der Waals surface area contributed by atoms with E-state index in [4.69, 9.17) is 0 Å². The van der Waals surface area contributed by atoms with Crippen LogP contribution in [0, 0.1) is 23.7 Å². The SMILES string of the molecule is C=C[C@H](C)CC[C@H](C/C=C(\C)CCCC(C)C)/C(C)=C/CCC(C)C. The highest BCUT2D eigenvalue weighted by molar-refractivity contribution is 5.08. The largest absolute Gasteiger partial charge is 0.103 e. The van der Waals surface area contributed by atoms with Crippen LogP contribution < -0.4 is 0 Å². The third-order valence-corrected chi connectivity index (χ3v) is 5.33. The van der Waals surface area contributed by atoms with E-state index >= 15 is 0 Å². The Morgan fingerprint density at radius 1 is 0.840 bits per heavy atom. The van der Waals surface area contributed by atoms with Crippen molar-refractivity contribution in [1.29, 1.82) is 0 Å². The molecule has 0 aliphatic carbocycles. The third kappa shape index (κ3) is 14.1. The Balaban J connectivity index is 4.67. The van der Waals surface area contributed by atoms with Gasteiger partial charge in [0.2, 0.25) is 0 Å². The molecule has 0 aromatic carbocycles. The summed E-state index contributed by atoms with van der Waals surface area (Å²) in [6, 6.07) is 0. The smallest absolute Gasteiger partial charge is 0.0171 e. The van der Waals surface area contributed by atoms with Gasteiger partial charge in [-0.1, -0.05) is 70.4 Å². The zero-order valence-corrected chi connectivity index (χ0v) is 18.4. The molecule has 0 heteroatoms. The van der Waals surface area contributed by atoms with Gasteiger partial charge in [0.15, 0.2) is 0 Å². The summed E-state index contributed by atoms with van der Waals surface area (Å²) >= 11 is 0. The van der Waals surface area contributed by atoms with Gasteiger partial charge in [0, 0.05) is 0 Å². The Kier molecular flexibility index (Phi) is 13.9. The predicted octanol–water partition coefficient (Wildman–Crippen LogP) is 8.75. The summed E-state index contributed by atoms with van der Waals surface area (Å²) in [5.74, 6) is 2.95. The van der Waals surface area contributed by atoms with Crippen molar-refractivity contribution in [2.45, 2.75) is 99.8 Å². The second kappa shape index (κ2) is 14.4. The molecule has 146 valence electrons. The van der Waals surface area contributed by atoms with E-state index in [1.165, 1.54) is 51.4 Å². The molecule has 0 aromatic rings. The zero-order chi connectivity index (χ0) is 19.2. The highest BCUT2D eigenvalue weighted by Gasteiger charge is 2.11. The normalized spacial score (nSPS) is 15.7. The number of rotatable bonds is 14. The van der Waals surface area contributed by atoms with Gasteiger partial charge in [-0.05, 0) is 82.5 Å². The molecule has 25 heavy (non-hydrogen) atoms. The van der Waals surface area contributed by atoms with Crippen LogP contribution in [0.25, 0.3) is 0 Å². The van der Waals surface area contributed by atoms with Crippen LogP contribution in [-0.2, 0) is 0 Å². The standard InChI is InChI=1S/C25H46/c1-9-22(6)16-18-25(24(8)15-11-13-21(4)5)19-17-23(7)14-10-12-20(2)3/h9,15,17,20-22,25H,1,10-14,16,18-19H2,2-8H3/b23-17+,24-15+/t22-,25+/m0/s1. The molecule has 0 saturated heterocycles. The van der Waals surface area contributed by atoms with E-state index in [0.717, 1.165) is 11.8 Å². The molecule has 0 nitrogen and oxygen atoms in total. The average molecular weight is 347 g/mol. The van der Waals surface area contributed by atoms with Crippen LogP contribution in [0.1, 0.15) is 99.8 Å². The van der Waals surface area contributed by atoms with Crippen LogP contribution in [0.15, 0.2) is 36.0 Å². The lowest BCUT2D eigenvalue weighted by atomic mass is 9.87. The molecule has 0 heterocycles. The van der Waals surface area contributed by atoms with Gasteiger partial charge in [0.05, 0.1) is 0 Å². The lowest BCUT2D eigenvalue weighted by Gasteiger charge is -2.19. The van der Waals surface area contributed by atoms with Crippen molar-refractivity contribution >= 4 is 0 Å². The van der Waals surface area contributed by atoms with Crippen LogP contribution in [-0.4, -0.2) is 0 Å². The topological polar surface area (TPSA) is 0 Å². The number of hydrogen-bond donors (Lipinski definition) is 0. The lowest BCUT2D eigenvalue weighted by molar-refractivity contribution is 0.488. The number of allylic oxidation sites excluding steroid dienone is 5. The van der Waals surface area contributed by atoms with E-state index in [1.54, 1.807) is 11.1 Å². The van der Waals surface area contributed by atoms with Crippen molar-refractivity contribution in [2.75, 3.05) is 0 Å². The van der Waals surface area contributed by atoms with Crippen LogP contribution in [0.4, 0.5) is 0 Å². The minimum absolute atomic E-state index is 0.627. The Labute approximate surface area is 159 Å². The molecule has 2 atom stereocenters. The Hall–Kier alpha value is -0.780. The van der Waals surface area contributed by atoms with Crippen LogP contribution in [0.5, 0.6) is 0 Å². The molecule has 0 bridgehead atoms. The van der Waals surface area contributed by atoms with Gasteiger partial charge in [-0.15, -0.1) is 6.58 Å². The molecule has 0 aliphatic heterocycles. The highest BCUT2D eigenvalue weighted by atomic mass is 14.2. The quantitative estimate of drug-likeness (QED) is 0.276. The highest BCUT2D eigenvalue weighted by Crippen LogP contribution is 2.26. The molecule has 0 fully saturated rings. The van der Waals surface area contributed by atoms with Crippen molar-refractivity contribution in [3.63, 3.8) is 0 Å². The second-order valence-corrected chi connectivity index (χ2v) is 8.98. The minimum Gasteiger partial charge on any atom is -0.103 e. The molecule has 0 amide bonds. The van der Waals surface area contributed by atoms with Gasteiger partial charge in [0.1, 0.15) is 0 Å². The minimum atomic E-state index is 0.627. The van der Waals surface area contributed by atoms with Gasteiger partial charge in [-0.25, -0.2) is 0 Å². The Bertz CT molecular complexity index is 394. The maximum absolute atomic E-state index is 3.95. The van der Waals surface area contributed by atoms with Crippen molar-refractivity contribution in [3.8, 4) is 0 Å². The summed E-state index contributed by atoms with van der Waals surface area (Å²) in [5, 5.41) is 0. The molecular formula is C25H46. The molecule has 0 aliphatic rings. The van der Waals surface area contributed by atoms with E-state index in [2.05, 4.69) is 73.3 Å². The lowest BCUT2D eigenvalue weighted by Crippen LogP contribution is -2.04. The molecule has 0 aromatic heterocycles. The monoisotopic (exact) mass is 346 g/mol. The first-order valence-electron chi connectivity index (χ1n) is 10.7. The molecule has 0 N–H and O–H groups in total. The maximum Gasteiger partial charge on any atom is -0.0171 e. The van der Waals surface area contributed by atoms with Crippen LogP contribution >= 0.6 is 0 Å². The molecule has 0 unspecified atom stereocenters. The molecule has 0 rings (SSSR count). The summed E-state index contributed by atoms with van der Waals surface area (Å²) in [7, 11) is 0. The van der Waals surface area contributed by atoms with E-state index in [-0.39, 0.29) is 0 Å². The summed E-state index contributed by atoms with van der Waals surface area (Å²) in [6.07, 6.45) is 17.4. The van der Waals surface area contributed by atoms with Crippen molar-refractivity contribution in [3.05, 3.63) is 36.0 Å².